The van der Waals surface area contributed by atoms with Crippen molar-refractivity contribution < 1.29 is 119 Å². The van der Waals surface area contributed by atoms with Gasteiger partial charge >= 0.3 is 47.8 Å². The Morgan fingerprint density at radius 3 is 1.64 bits per heavy atom. The number of carbonyl (C=O) groups is 9. The Kier molecular flexibility index (Phi) is 45.6. The first kappa shape index (κ1) is 101. The summed E-state index contributed by atoms with van der Waals surface area (Å²) in [4.78, 5) is 126. The van der Waals surface area contributed by atoms with E-state index in [9.17, 15) is 33.6 Å². The lowest BCUT2D eigenvalue weighted by Gasteiger charge is -2.52. The molecule has 0 aromatic heterocycles. The average Bonchev–Trinajstić information content (AvgIpc) is 0.751. The second kappa shape index (κ2) is 54.9. The number of esters is 8. The largest absolute Gasteiger partial charge is 0.497 e. The predicted molar refractivity (Wildman–Crippen MR) is 452 cm³/mol. The summed E-state index contributed by atoms with van der Waals surface area (Å²) < 4.78 is 104. The van der Waals surface area contributed by atoms with Gasteiger partial charge in [0.25, 0.3) is 5.79 Å². The molecule has 3 aromatic rings. The first-order valence-corrected chi connectivity index (χ1v) is 45.3. The molecule has 0 saturated carbocycles. The third kappa shape index (κ3) is 34.1. The number of hydrogen-bond acceptors (Lipinski definition) is 25. The van der Waals surface area contributed by atoms with Crippen molar-refractivity contribution in [2.75, 3.05) is 40.6 Å². The molecule has 6 unspecified atom stereocenters. The van der Waals surface area contributed by atoms with E-state index in [-0.39, 0.29) is 49.5 Å². The van der Waals surface area contributed by atoms with Gasteiger partial charge in [0.05, 0.1) is 69.7 Å². The van der Waals surface area contributed by atoms with E-state index >= 15 is 9.59 Å². The monoisotopic (exact) mass is 1700 g/mol. The standard InChI is InChI=1S/C95H143NO25/c1-13-15-17-19-21-23-25-27-28-29-31-33-35-37-45-51-81(100)96-76-60-112-92-87(110-59-72-52-54-75(106-11)55-53-72)68(7)85(80(117-92)63-109-82(101)56-57-83(102)115-77(88(76)114-71(10)99)50-44-36-34-32-30-26-24-22-20-18-16-14-2)119-93-89(118-91(104)74-48-42-39-43-49-74)86(67(6)79(116-93)62-111-90(103)73-46-40-38-41-47-73)121-95(94(105)107-12)58-64(3)65(4)84(120-95)66(5)78(113-70(9)98)61-108-69(8)97/h38-43,46-49,52-55,64-68,76-80,84-89,92-93H,13-37,44-45,50-51,56-63H2,1-12H3,(H,96,100)/t64?,65-,66+,67-,68?,76-,77+,78+,79?,80?,84+,85-,86-,87?,88-,89?,92+,93-,95-/m0/s1. The second-order valence-corrected chi connectivity index (χ2v) is 33.7. The van der Waals surface area contributed by atoms with Crippen molar-refractivity contribution >= 4 is 53.7 Å². The van der Waals surface area contributed by atoms with Crippen LogP contribution in [0, 0.1) is 29.6 Å². The maximum atomic E-state index is 15.1. The average molecular weight is 1700 g/mol. The summed E-state index contributed by atoms with van der Waals surface area (Å²) in [7, 11) is 2.71. The summed E-state index contributed by atoms with van der Waals surface area (Å²) in [5.41, 5.74) is 1.00. The van der Waals surface area contributed by atoms with Crippen LogP contribution in [0.3, 0.4) is 0 Å². The Morgan fingerprint density at radius 1 is 0.545 bits per heavy atom. The Balaban J connectivity index is 1.29. The Morgan fingerprint density at radius 2 is 1.10 bits per heavy atom. The molecule has 1 N–H and O–H groups in total. The second-order valence-electron chi connectivity index (χ2n) is 33.7. The number of fused-ring (bicyclic) bond motifs is 2. The van der Waals surface area contributed by atoms with Crippen LogP contribution in [-0.4, -0.2) is 180 Å². The maximum absolute atomic E-state index is 15.1. The number of nitrogens with one attached hydrogen (secondary N) is 1. The highest BCUT2D eigenvalue weighted by molar-refractivity contribution is 5.90. The molecule has 4 heterocycles. The molecule has 678 valence electrons. The highest BCUT2D eigenvalue weighted by Gasteiger charge is 2.60. The third-order valence-corrected chi connectivity index (χ3v) is 24.0. The van der Waals surface area contributed by atoms with E-state index in [4.69, 9.17) is 75.8 Å². The summed E-state index contributed by atoms with van der Waals surface area (Å²) in [6, 6.07) is 22.4. The molecule has 0 aliphatic carbocycles. The van der Waals surface area contributed by atoms with Crippen LogP contribution < -0.4 is 10.1 Å². The van der Waals surface area contributed by atoms with Crippen LogP contribution in [-0.2, 0) is 111 Å². The van der Waals surface area contributed by atoms with Crippen molar-refractivity contribution in [1.82, 2.24) is 5.32 Å². The fraction of sp³-hybridized carbons (Fsp3) is 0.716. The fourth-order valence-corrected chi connectivity index (χ4v) is 16.7. The van der Waals surface area contributed by atoms with Gasteiger partial charge < -0.3 is 81.1 Å². The number of rotatable bonds is 50. The number of benzene rings is 3. The van der Waals surface area contributed by atoms with Crippen molar-refractivity contribution in [3.63, 3.8) is 0 Å². The first-order chi connectivity index (χ1) is 58.4. The number of ether oxygens (including phenoxy) is 16. The van der Waals surface area contributed by atoms with Crippen molar-refractivity contribution in [2.24, 2.45) is 29.6 Å². The van der Waals surface area contributed by atoms with Gasteiger partial charge in [0.15, 0.2) is 24.8 Å². The molecule has 3 aromatic carbocycles. The molecule has 0 spiro atoms. The lowest BCUT2D eigenvalue weighted by molar-refractivity contribution is -0.378. The highest BCUT2D eigenvalue weighted by Crippen LogP contribution is 2.47. The molecule has 7 rings (SSSR count). The quantitative estimate of drug-likeness (QED) is 0.0312. The number of hydrogen-bond donors (Lipinski definition) is 1. The summed E-state index contributed by atoms with van der Waals surface area (Å²) in [6.45, 7) is 15.3. The molecule has 1 amide bonds. The number of methoxy groups -OCH3 is 2. The molecule has 4 aliphatic rings. The topological polar surface area (TPSA) is 313 Å². The summed E-state index contributed by atoms with van der Waals surface area (Å²) >= 11 is 0. The molecule has 4 saturated heterocycles. The minimum Gasteiger partial charge on any atom is -0.497 e. The maximum Gasteiger partial charge on any atom is 0.366 e. The van der Waals surface area contributed by atoms with Crippen LogP contribution in [0.1, 0.15) is 301 Å². The van der Waals surface area contributed by atoms with Gasteiger partial charge in [0.1, 0.15) is 62.2 Å². The van der Waals surface area contributed by atoms with Crippen molar-refractivity contribution in [1.29, 1.82) is 0 Å². The smallest absolute Gasteiger partial charge is 0.366 e. The van der Waals surface area contributed by atoms with Crippen LogP contribution >= 0.6 is 0 Å². The van der Waals surface area contributed by atoms with Gasteiger partial charge in [-0.3, -0.25) is 28.8 Å². The van der Waals surface area contributed by atoms with Crippen molar-refractivity contribution in [3.8, 4) is 5.75 Å². The summed E-state index contributed by atoms with van der Waals surface area (Å²) in [6.07, 6.45) is 13.3. The van der Waals surface area contributed by atoms with Crippen LogP contribution in [0.4, 0.5) is 0 Å². The Bertz CT molecular complexity index is 3530. The number of cyclic esters (lactones) is 2. The van der Waals surface area contributed by atoms with E-state index in [1.54, 1.807) is 88.5 Å². The van der Waals surface area contributed by atoms with E-state index in [0.29, 0.717) is 24.2 Å². The van der Waals surface area contributed by atoms with E-state index in [0.717, 1.165) is 64.9 Å². The molecule has 121 heavy (non-hydrogen) atoms. The molecule has 4 fully saturated rings. The molecular weight excluding hydrogens is 1560 g/mol. The Hall–Kier alpha value is -7.59. The zero-order valence-corrected chi connectivity index (χ0v) is 74.3. The number of unbranched alkanes of at least 4 members (excludes halogenated alkanes) is 25. The molecule has 26 heteroatoms. The zero-order chi connectivity index (χ0) is 87.5. The first-order valence-electron chi connectivity index (χ1n) is 45.3. The third-order valence-electron chi connectivity index (χ3n) is 24.0. The molecule has 2 bridgehead atoms. The van der Waals surface area contributed by atoms with E-state index in [1.807, 2.05) is 26.0 Å². The summed E-state index contributed by atoms with van der Waals surface area (Å²) in [5, 5.41) is 3.17. The fourth-order valence-electron chi connectivity index (χ4n) is 16.7. The van der Waals surface area contributed by atoms with Gasteiger partial charge in [0, 0.05) is 51.4 Å². The van der Waals surface area contributed by atoms with Gasteiger partial charge in [-0.05, 0) is 73.1 Å². The van der Waals surface area contributed by atoms with Gasteiger partial charge in [-0.15, -0.1) is 0 Å². The zero-order valence-electron chi connectivity index (χ0n) is 74.3. The number of carbonyl (C=O) groups excluding carboxylic acids is 9. The normalized spacial score (nSPS) is 26.4. The van der Waals surface area contributed by atoms with E-state index in [2.05, 4.69) is 19.2 Å². The van der Waals surface area contributed by atoms with Crippen molar-refractivity contribution in [2.45, 2.75) is 367 Å². The Labute approximate surface area is 718 Å². The summed E-state index contributed by atoms with van der Waals surface area (Å²) in [5.74, 6) is -11.9. The minimum atomic E-state index is -2.37. The highest BCUT2D eigenvalue weighted by atomic mass is 16.8. The lowest BCUT2D eigenvalue weighted by atomic mass is 9.76. The molecule has 19 atom stereocenters. The van der Waals surface area contributed by atoms with Gasteiger partial charge in [-0.1, -0.05) is 258 Å². The lowest BCUT2D eigenvalue weighted by Crippen LogP contribution is -2.66. The molecular formula is C95H143NO25. The molecule has 26 nitrogen and oxygen atoms in total. The van der Waals surface area contributed by atoms with Gasteiger partial charge in [-0.25, -0.2) is 14.4 Å². The van der Waals surface area contributed by atoms with Crippen LogP contribution in [0.25, 0.3) is 0 Å². The van der Waals surface area contributed by atoms with Crippen molar-refractivity contribution in [3.05, 3.63) is 102 Å². The SMILES string of the molecule is CCCCCCCCCCCCCCCCCC(=O)N[C@H]1CO[C@@H]2OC(COC(=O)CCC(=O)O[C@H](CCCCCCCCCCCCCC)[C@H]1OC(C)=O)[C@@H](O[C@@H]1OC(COC(=O)c3ccccc3)[C@H](C)[C@H](O[C@]3(C(=O)OC)CC(C)[C@H](C)[C@H]([C@H](C)[C@@H](COC(C)=O)OC(C)=O)O3)C1OC(=O)c1ccccc1)C(C)C2OCc1ccc(OC)cc1. The molecule has 0 radical (unpaired) electrons. The van der Waals surface area contributed by atoms with Gasteiger partial charge in [-0.2, -0.15) is 0 Å². The van der Waals surface area contributed by atoms with Crippen LogP contribution in [0.5, 0.6) is 5.75 Å². The number of amides is 1. The predicted octanol–water partition coefficient (Wildman–Crippen LogP) is 17.3. The molecule has 4 aliphatic heterocycles. The van der Waals surface area contributed by atoms with E-state index < -0.39 is 195 Å². The minimum absolute atomic E-state index is 0.0711. The van der Waals surface area contributed by atoms with Gasteiger partial charge in [0.2, 0.25) is 5.91 Å². The van der Waals surface area contributed by atoms with Crippen LogP contribution in [0.15, 0.2) is 84.9 Å². The van der Waals surface area contributed by atoms with Crippen LogP contribution in [0.2, 0.25) is 0 Å². The van der Waals surface area contributed by atoms with E-state index in [1.165, 1.54) is 136 Å².